The Kier molecular flexibility index (Phi) is 2.93. The minimum Gasteiger partial charge on any atom is -0.381 e. The predicted molar refractivity (Wildman–Crippen MR) is 54.0 cm³/mol. The van der Waals surface area contributed by atoms with Crippen molar-refractivity contribution >= 4 is 5.82 Å². The van der Waals surface area contributed by atoms with Crippen LogP contribution in [0.3, 0.4) is 0 Å². The smallest absolute Gasteiger partial charge is 0.129 e. The first-order valence-electron chi connectivity index (χ1n) is 4.96. The second-order valence-corrected chi connectivity index (χ2v) is 3.69. The van der Waals surface area contributed by atoms with Crippen molar-refractivity contribution in [1.82, 2.24) is 9.97 Å². The average molecular weight is 193 g/mol. The van der Waals surface area contributed by atoms with Gasteiger partial charge in [0.25, 0.3) is 0 Å². The average Bonchev–Trinajstić information content (AvgIpc) is 2.23. The zero-order chi connectivity index (χ0) is 9.80. The van der Waals surface area contributed by atoms with E-state index in [9.17, 15) is 0 Å². The molecule has 4 heteroatoms. The van der Waals surface area contributed by atoms with E-state index in [-0.39, 0.29) is 0 Å². The largest absolute Gasteiger partial charge is 0.381 e. The number of nitrogens with zero attached hydrogens (tertiary/aromatic N) is 2. The number of hydrogen-bond donors (Lipinski definition) is 1. The van der Waals surface area contributed by atoms with Gasteiger partial charge in [-0.05, 0) is 18.4 Å². The maximum absolute atomic E-state index is 5.38. The molecule has 14 heavy (non-hydrogen) atoms. The molecule has 4 nitrogen and oxygen atoms in total. The molecular weight excluding hydrogens is 178 g/mol. The highest BCUT2D eigenvalue weighted by Gasteiger charge is 2.21. The van der Waals surface area contributed by atoms with Crippen molar-refractivity contribution in [2.45, 2.75) is 19.4 Å². The Morgan fingerprint density at radius 2 is 2.50 bits per heavy atom. The zero-order valence-electron chi connectivity index (χ0n) is 8.31. The lowest BCUT2D eigenvalue weighted by Gasteiger charge is -2.29. The highest BCUT2D eigenvalue weighted by Crippen LogP contribution is 2.17. The van der Waals surface area contributed by atoms with Gasteiger partial charge < -0.3 is 10.1 Å². The van der Waals surface area contributed by atoms with Crippen LogP contribution in [0, 0.1) is 5.92 Å². The van der Waals surface area contributed by atoms with Gasteiger partial charge in [-0.15, -0.1) is 0 Å². The third kappa shape index (κ3) is 2.20. The monoisotopic (exact) mass is 193 g/mol. The molecule has 1 saturated heterocycles. The molecular formula is C10H15N3O. The Balaban J connectivity index is 1.96. The molecule has 1 aromatic rings. The molecule has 2 unspecified atom stereocenters. The SMILES string of the molecule is CC1COCCC1Nc1ccncn1. The topological polar surface area (TPSA) is 47.0 Å². The van der Waals surface area contributed by atoms with Gasteiger partial charge in [0.05, 0.1) is 6.61 Å². The van der Waals surface area contributed by atoms with Gasteiger partial charge in [-0.3, -0.25) is 0 Å². The van der Waals surface area contributed by atoms with Crippen LogP contribution in [-0.4, -0.2) is 29.2 Å². The first kappa shape index (κ1) is 9.40. The minimum absolute atomic E-state index is 0.471. The number of anilines is 1. The van der Waals surface area contributed by atoms with Crippen LogP contribution >= 0.6 is 0 Å². The van der Waals surface area contributed by atoms with Gasteiger partial charge in [0, 0.05) is 18.8 Å². The molecule has 0 saturated carbocycles. The molecule has 0 radical (unpaired) electrons. The summed E-state index contributed by atoms with van der Waals surface area (Å²) in [6.07, 6.45) is 4.36. The summed E-state index contributed by atoms with van der Waals surface area (Å²) in [5.41, 5.74) is 0. The molecule has 0 amide bonds. The van der Waals surface area contributed by atoms with Crippen LogP contribution in [0.5, 0.6) is 0 Å². The maximum atomic E-state index is 5.38. The van der Waals surface area contributed by atoms with E-state index in [1.165, 1.54) is 0 Å². The quantitative estimate of drug-likeness (QED) is 0.769. The molecule has 1 aliphatic heterocycles. The Bertz CT molecular complexity index is 278. The van der Waals surface area contributed by atoms with E-state index >= 15 is 0 Å². The number of ether oxygens (including phenoxy) is 1. The number of hydrogen-bond acceptors (Lipinski definition) is 4. The number of rotatable bonds is 2. The molecule has 0 bridgehead atoms. The fourth-order valence-corrected chi connectivity index (χ4v) is 1.66. The summed E-state index contributed by atoms with van der Waals surface area (Å²) < 4.78 is 5.38. The Labute approximate surface area is 83.7 Å². The lowest BCUT2D eigenvalue weighted by molar-refractivity contribution is 0.0537. The predicted octanol–water partition coefficient (Wildman–Crippen LogP) is 1.31. The first-order valence-corrected chi connectivity index (χ1v) is 4.96. The van der Waals surface area contributed by atoms with Gasteiger partial charge in [0.2, 0.25) is 0 Å². The Hall–Kier alpha value is -1.16. The second-order valence-electron chi connectivity index (χ2n) is 3.69. The van der Waals surface area contributed by atoms with Crippen LogP contribution < -0.4 is 5.32 Å². The summed E-state index contributed by atoms with van der Waals surface area (Å²) in [5.74, 6) is 1.44. The summed E-state index contributed by atoms with van der Waals surface area (Å²) >= 11 is 0. The third-order valence-electron chi connectivity index (χ3n) is 2.56. The van der Waals surface area contributed by atoms with Gasteiger partial charge in [-0.25, -0.2) is 9.97 Å². The van der Waals surface area contributed by atoms with Crippen LogP contribution in [0.1, 0.15) is 13.3 Å². The van der Waals surface area contributed by atoms with E-state index in [2.05, 4.69) is 22.2 Å². The van der Waals surface area contributed by atoms with Crippen molar-refractivity contribution in [3.8, 4) is 0 Å². The summed E-state index contributed by atoms with van der Waals surface area (Å²) in [6.45, 7) is 3.87. The first-order chi connectivity index (χ1) is 6.86. The van der Waals surface area contributed by atoms with E-state index in [1.807, 2.05) is 6.07 Å². The molecule has 1 aromatic heterocycles. The summed E-state index contributed by atoms with van der Waals surface area (Å²) in [7, 11) is 0. The van der Waals surface area contributed by atoms with E-state index in [0.717, 1.165) is 25.5 Å². The molecule has 2 heterocycles. The lowest BCUT2D eigenvalue weighted by atomic mass is 9.98. The van der Waals surface area contributed by atoms with Gasteiger partial charge in [-0.1, -0.05) is 6.92 Å². The molecule has 1 N–H and O–H groups in total. The highest BCUT2D eigenvalue weighted by atomic mass is 16.5. The van der Waals surface area contributed by atoms with Gasteiger partial charge in [0.1, 0.15) is 12.1 Å². The second kappa shape index (κ2) is 4.37. The van der Waals surface area contributed by atoms with Crippen LogP contribution in [0.4, 0.5) is 5.82 Å². The van der Waals surface area contributed by atoms with E-state index < -0.39 is 0 Å². The molecule has 0 aromatic carbocycles. The fourth-order valence-electron chi connectivity index (χ4n) is 1.66. The van der Waals surface area contributed by atoms with Gasteiger partial charge >= 0.3 is 0 Å². The van der Waals surface area contributed by atoms with E-state index in [1.54, 1.807) is 12.5 Å². The zero-order valence-corrected chi connectivity index (χ0v) is 8.31. The fraction of sp³-hybridized carbons (Fsp3) is 0.600. The van der Waals surface area contributed by atoms with Crippen molar-refractivity contribution in [3.05, 3.63) is 18.6 Å². The number of aromatic nitrogens is 2. The standard InChI is InChI=1S/C10H15N3O/c1-8-6-14-5-3-9(8)13-10-2-4-11-7-12-10/h2,4,7-9H,3,5-6H2,1H3,(H,11,12,13). The molecule has 2 rings (SSSR count). The van der Waals surface area contributed by atoms with Gasteiger partial charge in [-0.2, -0.15) is 0 Å². The van der Waals surface area contributed by atoms with Crippen molar-refractivity contribution in [3.63, 3.8) is 0 Å². The van der Waals surface area contributed by atoms with E-state index in [0.29, 0.717) is 12.0 Å². The minimum atomic E-state index is 0.471. The van der Waals surface area contributed by atoms with Crippen molar-refractivity contribution in [1.29, 1.82) is 0 Å². The van der Waals surface area contributed by atoms with Crippen LogP contribution in [0.2, 0.25) is 0 Å². The third-order valence-corrected chi connectivity index (χ3v) is 2.56. The van der Waals surface area contributed by atoms with Crippen molar-refractivity contribution in [2.75, 3.05) is 18.5 Å². The normalized spacial score (nSPS) is 27.2. The summed E-state index contributed by atoms with van der Waals surface area (Å²) in [6, 6.07) is 2.36. The van der Waals surface area contributed by atoms with E-state index in [4.69, 9.17) is 4.74 Å². The van der Waals surface area contributed by atoms with Crippen molar-refractivity contribution < 1.29 is 4.74 Å². The van der Waals surface area contributed by atoms with Crippen LogP contribution in [-0.2, 0) is 4.74 Å². The molecule has 1 fully saturated rings. The Morgan fingerprint density at radius 3 is 3.21 bits per heavy atom. The maximum Gasteiger partial charge on any atom is 0.129 e. The summed E-state index contributed by atoms with van der Waals surface area (Å²) in [5, 5.41) is 3.40. The summed E-state index contributed by atoms with van der Waals surface area (Å²) in [4.78, 5) is 8.03. The number of nitrogens with one attached hydrogen (secondary N) is 1. The lowest BCUT2D eigenvalue weighted by Crippen LogP contribution is -2.36. The highest BCUT2D eigenvalue weighted by molar-refractivity contribution is 5.33. The van der Waals surface area contributed by atoms with Crippen molar-refractivity contribution in [2.24, 2.45) is 5.92 Å². The van der Waals surface area contributed by atoms with Crippen LogP contribution in [0.15, 0.2) is 18.6 Å². The molecule has 1 aliphatic rings. The molecule has 76 valence electrons. The Morgan fingerprint density at radius 1 is 1.57 bits per heavy atom. The molecule has 0 aliphatic carbocycles. The van der Waals surface area contributed by atoms with Gasteiger partial charge in [0.15, 0.2) is 0 Å². The molecule has 2 atom stereocenters. The molecule has 0 spiro atoms. The van der Waals surface area contributed by atoms with Crippen LogP contribution in [0.25, 0.3) is 0 Å².